The summed E-state index contributed by atoms with van der Waals surface area (Å²) in [6.45, 7) is 1.34. The molecule has 0 spiro atoms. The molecule has 8 nitrogen and oxygen atoms in total. The third-order valence-electron chi connectivity index (χ3n) is 3.39. The number of benzene rings is 2. The van der Waals surface area contributed by atoms with Crippen LogP contribution in [0.15, 0.2) is 59.5 Å². The molecule has 0 aliphatic heterocycles. The second-order valence-electron chi connectivity index (χ2n) is 5.10. The van der Waals surface area contributed by atoms with Crippen molar-refractivity contribution in [2.75, 3.05) is 18.4 Å². The first-order valence-electron chi connectivity index (χ1n) is 7.44. The van der Waals surface area contributed by atoms with E-state index in [4.69, 9.17) is 0 Å². The molecule has 0 bridgehead atoms. The van der Waals surface area contributed by atoms with Gasteiger partial charge in [0.15, 0.2) is 0 Å². The van der Waals surface area contributed by atoms with Crippen molar-refractivity contribution in [3.05, 3.63) is 64.7 Å². The van der Waals surface area contributed by atoms with Crippen LogP contribution in [0.4, 0.5) is 11.4 Å². The van der Waals surface area contributed by atoms with E-state index in [1.54, 1.807) is 25.1 Å². The fourth-order valence-corrected chi connectivity index (χ4v) is 3.59. The lowest BCUT2D eigenvalue weighted by Gasteiger charge is -2.20. The molecule has 0 heterocycles. The van der Waals surface area contributed by atoms with Gasteiger partial charge in [0.25, 0.3) is 5.69 Å². The van der Waals surface area contributed by atoms with E-state index in [9.17, 15) is 23.3 Å². The van der Waals surface area contributed by atoms with E-state index in [-0.39, 0.29) is 22.8 Å². The van der Waals surface area contributed by atoms with Crippen LogP contribution in [0.1, 0.15) is 6.92 Å². The molecule has 0 atom stereocenters. The molecule has 0 aliphatic carbocycles. The summed E-state index contributed by atoms with van der Waals surface area (Å²) in [5.74, 6) is -0.582. The van der Waals surface area contributed by atoms with Gasteiger partial charge in [0, 0.05) is 24.4 Å². The van der Waals surface area contributed by atoms with Gasteiger partial charge in [0.2, 0.25) is 15.9 Å². The standard InChI is InChI=1S/C16H17N3O5S/c1-2-18(25(23,24)15-9-4-3-5-10-15)12-16(20)17-13-7-6-8-14(11-13)19(21)22/h3-11H,2,12H2,1H3,(H,17,20). The van der Waals surface area contributed by atoms with E-state index in [0.29, 0.717) is 0 Å². The van der Waals surface area contributed by atoms with Crippen molar-refractivity contribution >= 4 is 27.3 Å². The first kappa shape index (κ1) is 18.6. The number of nitro groups is 1. The van der Waals surface area contributed by atoms with E-state index in [2.05, 4.69) is 5.32 Å². The second kappa shape index (κ2) is 7.86. The van der Waals surface area contributed by atoms with Gasteiger partial charge in [0.1, 0.15) is 0 Å². The van der Waals surface area contributed by atoms with E-state index >= 15 is 0 Å². The van der Waals surface area contributed by atoms with Crippen molar-refractivity contribution < 1.29 is 18.1 Å². The number of anilines is 1. The Morgan fingerprint density at radius 2 is 1.84 bits per heavy atom. The van der Waals surface area contributed by atoms with Crippen LogP contribution in [0.2, 0.25) is 0 Å². The molecule has 9 heteroatoms. The Labute approximate surface area is 145 Å². The summed E-state index contributed by atoms with van der Waals surface area (Å²) in [5.41, 5.74) is 0.0643. The Morgan fingerprint density at radius 1 is 1.16 bits per heavy atom. The Bertz CT molecular complexity index is 868. The van der Waals surface area contributed by atoms with Crippen LogP contribution >= 0.6 is 0 Å². The highest BCUT2D eigenvalue weighted by Crippen LogP contribution is 2.18. The first-order chi connectivity index (χ1) is 11.8. The predicted molar refractivity (Wildman–Crippen MR) is 92.6 cm³/mol. The first-order valence-corrected chi connectivity index (χ1v) is 8.88. The number of nitrogens with zero attached hydrogens (tertiary/aromatic N) is 2. The molecule has 1 amide bonds. The van der Waals surface area contributed by atoms with Gasteiger partial charge >= 0.3 is 0 Å². The van der Waals surface area contributed by atoms with Gasteiger partial charge in [-0.1, -0.05) is 31.2 Å². The Balaban J connectivity index is 2.12. The fourth-order valence-electron chi connectivity index (χ4n) is 2.17. The molecule has 2 rings (SSSR count). The van der Waals surface area contributed by atoms with Crippen LogP contribution in [0.3, 0.4) is 0 Å². The lowest BCUT2D eigenvalue weighted by molar-refractivity contribution is -0.384. The predicted octanol–water partition coefficient (Wildman–Crippen LogP) is 2.24. The maximum absolute atomic E-state index is 12.6. The molecule has 0 aliphatic rings. The van der Waals surface area contributed by atoms with E-state index in [1.807, 2.05) is 0 Å². The van der Waals surface area contributed by atoms with Crippen molar-refractivity contribution in [3.63, 3.8) is 0 Å². The highest BCUT2D eigenvalue weighted by atomic mass is 32.2. The molecule has 0 aromatic heterocycles. The largest absolute Gasteiger partial charge is 0.325 e. The summed E-state index contributed by atoms with van der Waals surface area (Å²) in [5, 5.41) is 13.2. The maximum Gasteiger partial charge on any atom is 0.271 e. The molecular weight excluding hydrogens is 346 g/mol. The number of rotatable bonds is 7. The monoisotopic (exact) mass is 363 g/mol. The van der Waals surface area contributed by atoms with Crippen LogP contribution in [0.5, 0.6) is 0 Å². The number of amides is 1. The average Bonchev–Trinajstić information content (AvgIpc) is 2.60. The quantitative estimate of drug-likeness (QED) is 0.599. The van der Waals surface area contributed by atoms with Gasteiger partial charge in [0.05, 0.1) is 16.4 Å². The highest BCUT2D eigenvalue weighted by Gasteiger charge is 2.25. The molecule has 0 radical (unpaired) electrons. The minimum Gasteiger partial charge on any atom is -0.325 e. The van der Waals surface area contributed by atoms with Crippen LogP contribution in [0, 0.1) is 10.1 Å². The number of carbonyl (C=O) groups is 1. The molecule has 132 valence electrons. The third-order valence-corrected chi connectivity index (χ3v) is 5.33. The number of nitro benzene ring substituents is 1. The highest BCUT2D eigenvalue weighted by molar-refractivity contribution is 7.89. The fraction of sp³-hybridized carbons (Fsp3) is 0.188. The normalized spacial score (nSPS) is 11.3. The Kier molecular flexibility index (Phi) is 5.84. The number of nitrogens with one attached hydrogen (secondary N) is 1. The zero-order valence-corrected chi connectivity index (χ0v) is 14.3. The van der Waals surface area contributed by atoms with Gasteiger partial charge in [-0.25, -0.2) is 8.42 Å². The van der Waals surface area contributed by atoms with Crippen molar-refractivity contribution in [3.8, 4) is 0 Å². The van der Waals surface area contributed by atoms with E-state index < -0.39 is 27.4 Å². The average molecular weight is 363 g/mol. The summed E-state index contributed by atoms with van der Waals surface area (Å²) >= 11 is 0. The molecule has 2 aromatic rings. The summed E-state index contributed by atoms with van der Waals surface area (Å²) in [6, 6.07) is 13.2. The van der Waals surface area contributed by atoms with Gasteiger partial charge in [-0.15, -0.1) is 0 Å². The van der Waals surface area contributed by atoms with Crippen LogP contribution < -0.4 is 5.32 Å². The van der Waals surface area contributed by atoms with Crippen LogP contribution in [0.25, 0.3) is 0 Å². The molecule has 25 heavy (non-hydrogen) atoms. The van der Waals surface area contributed by atoms with Gasteiger partial charge < -0.3 is 5.32 Å². The topological polar surface area (TPSA) is 110 Å². The zero-order chi connectivity index (χ0) is 18.4. The number of carbonyl (C=O) groups excluding carboxylic acids is 1. The number of hydrogen-bond donors (Lipinski definition) is 1. The van der Waals surface area contributed by atoms with Crippen molar-refractivity contribution in [1.29, 1.82) is 0 Å². The van der Waals surface area contributed by atoms with Crippen LogP contribution in [-0.2, 0) is 14.8 Å². The number of non-ortho nitro benzene ring substituents is 1. The Hall–Kier alpha value is -2.78. The van der Waals surface area contributed by atoms with Gasteiger partial charge in [-0.2, -0.15) is 4.31 Å². The molecule has 2 aromatic carbocycles. The van der Waals surface area contributed by atoms with Crippen LogP contribution in [-0.4, -0.2) is 36.6 Å². The molecule has 0 saturated carbocycles. The lowest BCUT2D eigenvalue weighted by atomic mass is 10.3. The van der Waals surface area contributed by atoms with E-state index in [0.717, 1.165) is 4.31 Å². The number of hydrogen-bond acceptors (Lipinski definition) is 5. The summed E-state index contributed by atoms with van der Waals surface area (Å²) in [6.07, 6.45) is 0. The smallest absolute Gasteiger partial charge is 0.271 e. The van der Waals surface area contributed by atoms with E-state index in [1.165, 1.54) is 36.4 Å². The summed E-state index contributed by atoms with van der Waals surface area (Å²) in [4.78, 5) is 22.4. The summed E-state index contributed by atoms with van der Waals surface area (Å²) < 4.78 is 26.1. The Morgan fingerprint density at radius 3 is 2.44 bits per heavy atom. The maximum atomic E-state index is 12.6. The SMILES string of the molecule is CCN(CC(=O)Nc1cccc([N+](=O)[O-])c1)S(=O)(=O)c1ccccc1. The second-order valence-corrected chi connectivity index (χ2v) is 7.04. The number of likely N-dealkylation sites (N-methyl/N-ethyl adjacent to an activating group) is 1. The lowest BCUT2D eigenvalue weighted by Crippen LogP contribution is -2.37. The molecule has 0 unspecified atom stereocenters. The molecular formula is C16H17N3O5S. The van der Waals surface area contributed by atoms with Gasteiger partial charge in [-0.3, -0.25) is 14.9 Å². The zero-order valence-electron chi connectivity index (χ0n) is 13.5. The molecule has 0 saturated heterocycles. The molecule has 0 fully saturated rings. The van der Waals surface area contributed by atoms with Gasteiger partial charge in [-0.05, 0) is 18.2 Å². The minimum atomic E-state index is -3.80. The third kappa shape index (κ3) is 4.61. The summed E-state index contributed by atoms with van der Waals surface area (Å²) in [7, 11) is -3.80. The molecule has 1 N–H and O–H groups in total. The van der Waals surface area contributed by atoms with Crippen molar-refractivity contribution in [2.24, 2.45) is 0 Å². The van der Waals surface area contributed by atoms with Crippen molar-refractivity contribution in [2.45, 2.75) is 11.8 Å². The van der Waals surface area contributed by atoms with Crippen molar-refractivity contribution in [1.82, 2.24) is 4.31 Å². The minimum absolute atomic E-state index is 0.0972. The number of sulfonamides is 1.